The summed E-state index contributed by atoms with van der Waals surface area (Å²) >= 11 is 0. The Morgan fingerprint density at radius 3 is 1.92 bits per heavy atom. The molecule has 5 rings (SSSR count). The highest BCUT2D eigenvalue weighted by Gasteiger charge is 2.47. The van der Waals surface area contributed by atoms with Crippen molar-refractivity contribution in [2.24, 2.45) is 0 Å². The molecular formula is C27H30N2O7S2. The molecule has 0 amide bonds. The van der Waals surface area contributed by atoms with Gasteiger partial charge in [0.25, 0.3) is 10.0 Å². The minimum absolute atomic E-state index is 0.00680. The van der Waals surface area contributed by atoms with Gasteiger partial charge in [0, 0.05) is 18.7 Å². The van der Waals surface area contributed by atoms with Crippen LogP contribution in [-0.2, 0) is 20.0 Å². The van der Waals surface area contributed by atoms with Crippen molar-refractivity contribution in [1.29, 1.82) is 0 Å². The van der Waals surface area contributed by atoms with Crippen LogP contribution in [0.3, 0.4) is 0 Å². The fraction of sp³-hybridized carbons (Fsp3) is 0.333. The maximum Gasteiger partial charge on any atom is 0.264 e. The lowest BCUT2D eigenvalue weighted by Gasteiger charge is -2.45. The highest BCUT2D eigenvalue weighted by molar-refractivity contribution is 7.92. The molecule has 3 aromatic rings. The molecule has 0 radical (unpaired) electrons. The molecule has 0 spiro atoms. The topological polar surface area (TPSA) is 113 Å². The molecule has 9 nitrogen and oxygen atoms in total. The average molecular weight is 559 g/mol. The van der Waals surface area contributed by atoms with Crippen LogP contribution in [0, 0.1) is 13.8 Å². The summed E-state index contributed by atoms with van der Waals surface area (Å²) in [4.78, 5) is 0.205. The first kappa shape index (κ1) is 26.5. The van der Waals surface area contributed by atoms with Crippen molar-refractivity contribution in [1.82, 2.24) is 4.31 Å². The van der Waals surface area contributed by atoms with Crippen LogP contribution in [-0.4, -0.2) is 53.6 Å². The van der Waals surface area contributed by atoms with Crippen molar-refractivity contribution in [3.63, 3.8) is 0 Å². The first-order chi connectivity index (χ1) is 18.0. The van der Waals surface area contributed by atoms with Gasteiger partial charge in [-0.3, -0.25) is 4.31 Å². The Morgan fingerprint density at radius 1 is 0.842 bits per heavy atom. The molecule has 11 heteroatoms. The fourth-order valence-electron chi connectivity index (χ4n) is 5.25. The van der Waals surface area contributed by atoms with Gasteiger partial charge < -0.3 is 14.6 Å². The zero-order chi connectivity index (χ0) is 27.4. The van der Waals surface area contributed by atoms with Crippen molar-refractivity contribution in [2.75, 3.05) is 31.6 Å². The van der Waals surface area contributed by atoms with Crippen LogP contribution in [0.1, 0.15) is 40.8 Å². The summed E-state index contributed by atoms with van der Waals surface area (Å²) in [5, 5.41) is 11.2. The highest BCUT2D eigenvalue weighted by atomic mass is 32.2. The Bertz CT molecular complexity index is 1590. The average Bonchev–Trinajstić information content (AvgIpc) is 2.90. The van der Waals surface area contributed by atoms with Crippen LogP contribution >= 0.6 is 0 Å². The second-order valence-corrected chi connectivity index (χ2v) is 13.3. The summed E-state index contributed by atoms with van der Waals surface area (Å²) in [5.74, 6) is 0.410. The molecule has 2 atom stereocenters. The molecule has 1 N–H and O–H groups in total. The van der Waals surface area contributed by atoms with E-state index in [0.717, 1.165) is 11.1 Å². The zero-order valence-corrected chi connectivity index (χ0v) is 23.2. The number of methoxy groups -OCH3 is 2. The predicted molar refractivity (Wildman–Crippen MR) is 143 cm³/mol. The van der Waals surface area contributed by atoms with Crippen LogP contribution in [0.5, 0.6) is 11.5 Å². The maximum absolute atomic E-state index is 13.9. The Morgan fingerprint density at radius 2 is 1.39 bits per heavy atom. The molecule has 2 aliphatic heterocycles. The monoisotopic (exact) mass is 558 g/mol. The normalized spacial score (nSPS) is 19.7. The number of aliphatic hydroxyl groups is 1. The molecule has 0 unspecified atom stereocenters. The quantitative estimate of drug-likeness (QED) is 0.491. The minimum atomic E-state index is -4.05. The molecule has 0 fully saturated rings. The molecule has 0 saturated carbocycles. The third-order valence-electron chi connectivity index (χ3n) is 7.20. The molecule has 3 aromatic carbocycles. The second-order valence-electron chi connectivity index (χ2n) is 9.56. The number of anilines is 1. The van der Waals surface area contributed by atoms with Crippen LogP contribution in [0.2, 0.25) is 0 Å². The third-order valence-corrected chi connectivity index (χ3v) is 10.9. The van der Waals surface area contributed by atoms with Crippen LogP contribution < -0.4 is 13.8 Å². The number of rotatable bonds is 6. The number of ether oxygens (including phenoxy) is 2. The number of aliphatic hydroxyl groups excluding tert-OH is 1. The second kappa shape index (κ2) is 9.57. The summed E-state index contributed by atoms with van der Waals surface area (Å²) in [7, 11) is -5.23. The van der Waals surface area contributed by atoms with E-state index in [1.54, 1.807) is 54.6 Å². The summed E-state index contributed by atoms with van der Waals surface area (Å²) in [6, 6.07) is 13.9. The van der Waals surface area contributed by atoms with Gasteiger partial charge in [0.15, 0.2) is 11.5 Å². The summed E-state index contributed by atoms with van der Waals surface area (Å²) < 4.78 is 69.1. The molecule has 0 aliphatic carbocycles. The van der Waals surface area contributed by atoms with E-state index < -0.39 is 32.2 Å². The van der Waals surface area contributed by atoms with Crippen molar-refractivity contribution in [3.8, 4) is 11.5 Å². The van der Waals surface area contributed by atoms with Gasteiger partial charge in [-0.2, -0.15) is 4.31 Å². The number of hydrogen-bond acceptors (Lipinski definition) is 7. The van der Waals surface area contributed by atoms with Gasteiger partial charge >= 0.3 is 0 Å². The van der Waals surface area contributed by atoms with Gasteiger partial charge in [0.2, 0.25) is 10.0 Å². The molecule has 202 valence electrons. The predicted octanol–water partition coefficient (Wildman–Crippen LogP) is 3.70. The van der Waals surface area contributed by atoms with Gasteiger partial charge in [-0.15, -0.1) is 0 Å². The molecule has 0 aromatic heterocycles. The lowest BCUT2D eigenvalue weighted by atomic mass is 9.86. The first-order valence-corrected chi connectivity index (χ1v) is 15.0. The van der Waals surface area contributed by atoms with Gasteiger partial charge in [0.1, 0.15) is 5.69 Å². The SMILES string of the molecule is COc1cc2c3c(c1OC)N(S(=O)(=O)c1ccc(C)cc1)CC[C@H]3N(S(=O)(=O)c1ccc(C)cc1)C[C@@H]2O. The van der Waals surface area contributed by atoms with E-state index >= 15 is 0 Å². The van der Waals surface area contributed by atoms with E-state index in [0.29, 0.717) is 11.1 Å². The van der Waals surface area contributed by atoms with E-state index in [2.05, 4.69) is 0 Å². The third kappa shape index (κ3) is 4.14. The largest absolute Gasteiger partial charge is 0.493 e. The summed E-state index contributed by atoms with van der Waals surface area (Å²) in [6.07, 6.45) is -1.01. The van der Waals surface area contributed by atoms with Crippen molar-refractivity contribution >= 4 is 25.7 Å². The molecule has 2 heterocycles. The Kier molecular flexibility index (Phi) is 6.67. The first-order valence-electron chi connectivity index (χ1n) is 12.2. The molecule has 0 bridgehead atoms. The Labute approximate surface area is 223 Å². The summed E-state index contributed by atoms with van der Waals surface area (Å²) in [5.41, 5.74) is 2.84. The van der Waals surface area contributed by atoms with Gasteiger partial charge in [-0.1, -0.05) is 35.4 Å². The molecule has 2 aliphatic rings. The zero-order valence-electron chi connectivity index (χ0n) is 21.6. The van der Waals surface area contributed by atoms with E-state index in [1.807, 2.05) is 13.8 Å². The van der Waals surface area contributed by atoms with E-state index in [-0.39, 0.29) is 46.5 Å². The Balaban J connectivity index is 1.73. The van der Waals surface area contributed by atoms with E-state index in [4.69, 9.17) is 9.47 Å². The standard InChI is InChI=1S/C27H30N2O7S2/c1-17-5-9-19(10-6-17)37(31,32)28-14-13-22-25-21(15-24(35-3)27(36-4)26(25)28)23(30)16-29(22)38(33,34)20-11-7-18(2)8-12-20/h5-12,15,22-23,30H,13-14,16H2,1-4H3/t22-,23+/m1/s1. The number of sulfonamides is 2. The van der Waals surface area contributed by atoms with E-state index in [9.17, 15) is 21.9 Å². The number of β-amino-alcohol motifs (C(OH)–C–C–N with tert-alkyl or cyclic N) is 1. The molecule has 38 heavy (non-hydrogen) atoms. The van der Waals surface area contributed by atoms with Gasteiger partial charge in [-0.25, -0.2) is 16.8 Å². The Hall–Kier alpha value is -3.12. The van der Waals surface area contributed by atoms with Crippen molar-refractivity contribution in [2.45, 2.75) is 42.2 Å². The van der Waals surface area contributed by atoms with Gasteiger partial charge in [0.05, 0.1) is 36.2 Å². The number of benzene rings is 3. The number of aryl methyl sites for hydroxylation is 2. The highest BCUT2D eigenvalue weighted by Crippen LogP contribution is 2.55. The van der Waals surface area contributed by atoms with Gasteiger partial charge in [-0.05, 0) is 56.2 Å². The minimum Gasteiger partial charge on any atom is -0.493 e. The smallest absolute Gasteiger partial charge is 0.264 e. The van der Waals surface area contributed by atoms with Crippen molar-refractivity contribution < 1.29 is 31.4 Å². The van der Waals surface area contributed by atoms with Crippen LogP contribution in [0.4, 0.5) is 5.69 Å². The molecular weight excluding hydrogens is 528 g/mol. The lowest BCUT2D eigenvalue weighted by Crippen LogP contribution is -2.47. The van der Waals surface area contributed by atoms with E-state index in [1.165, 1.54) is 22.8 Å². The molecule has 0 saturated heterocycles. The summed E-state index contributed by atoms with van der Waals surface area (Å²) in [6.45, 7) is 3.57. The fourth-order valence-corrected chi connectivity index (χ4v) is 8.39. The lowest BCUT2D eigenvalue weighted by molar-refractivity contribution is 0.110. The van der Waals surface area contributed by atoms with Crippen LogP contribution in [0.15, 0.2) is 64.4 Å². The van der Waals surface area contributed by atoms with Crippen molar-refractivity contribution in [3.05, 3.63) is 76.9 Å². The number of hydrogen-bond donors (Lipinski definition) is 1. The van der Waals surface area contributed by atoms with Crippen LogP contribution in [0.25, 0.3) is 0 Å². The maximum atomic E-state index is 13.9. The number of nitrogens with zero attached hydrogens (tertiary/aromatic N) is 2.